The average Bonchev–Trinajstić information content (AvgIpc) is 2.22. The van der Waals surface area contributed by atoms with Crippen molar-refractivity contribution in [2.24, 2.45) is 0 Å². The third kappa shape index (κ3) is 4.12. The normalized spacial score (nSPS) is 19.8. The van der Waals surface area contributed by atoms with Gasteiger partial charge in [0.15, 0.2) is 6.29 Å². The van der Waals surface area contributed by atoms with Gasteiger partial charge in [-0.05, 0) is 6.92 Å². The molecule has 0 unspecified atom stereocenters. The highest BCUT2D eigenvalue weighted by molar-refractivity contribution is 5.56. The smallest absolute Gasteiger partial charge is 0.151 e. The zero-order valence-electron chi connectivity index (χ0n) is 7.91. The fraction of sp³-hybridized carbons (Fsp3) is 0.875. The van der Waals surface area contributed by atoms with Crippen LogP contribution in [-0.4, -0.2) is 64.3 Å². The van der Waals surface area contributed by atoms with Crippen molar-refractivity contribution < 1.29 is 30.0 Å². The van der Waals surface area contributed by atoms with Gasteiger partial charge >= 0.3 is 0 Å². The quantitative estimate of drug-likeness (QED) is 0.349. The Hall–Kier alpha value is -0.530. The van der Waals surface area contributed by atoms with Gasteiger partial charge < -0.3 is 30.0 Å². The lowest BCUT2D eigenvalue weighted by Gasteiger charge is -2.23. The van der Waals surface area contributed by atoms with Gasteiger partial charge in [-0.15, -0.1) is 0 Å². The van der Waals surface area contributed by atoms with Crippen LogP contribution in [0, 0.1) is 0 Å². The summed E-state index contributed by atoms with van der Waals surface area (Å²) in [5.41, 5.74) is 0. The lowest BCUT2D eigenvalue weighted by molar-refractivity contribution is -0.138. The van der Waals surface area contributed by atoms with Gasteiger partial charge in [-0.1, -0.05) is 0 Å². The molecule has 0 aromatic heterocycles. The second-order valence-corrected chi connectivity index (χ2v) is 2.83. The van der Waals surface area contributed by atoms with E-state index < -0.39 is 24.4 Å². The number of aliphatic hydroxyl groups is 4. The second kappa shape index (κ2) is 6.86. The Bertz CT molecular complexity index is 162. The highest BCUT2D eigenvalue weighted by Gasteiger charge is 2.29. The van der Waals surface area contributed by atoms with Crippen LogP contribution in [0.2, 0.25) is 0 Å². The molecule has 84 valence electrons. The summed E-state index contributed by atoms with van der Waals surface area (Å²) in [6.07, 6.45) is -6.27. The van der Waals surface area contributed by atoms with Crippen LogP contribution in [0.25, 0.3) is 0 Å². The van der Waals surface area contributed by atoms with Crippen LogP contribution in [0.15, 0.2) is 0 Å². The van der Waals surface area contributed by atoms with Crippen molar-refractivity contribution in [2.75, 3.05) is 13.2 Å². The Morgan fingerprint density at radius 2 is 1.79 bits per heavy atom. The molecule has 4 N–H and O–H groups in total. The molecule has 0 aliphatic carbocycles. The van der Waals surface area contributed by atoms with E-state index in [1.807, 2.05) is 0 Å². The molecule has 0 radical (unpaired) electrons. The van der Waals surface area contributed by atoms with Crippen LogP contribution in [0.4, 0.5) is 0 Å². The summed E-state index contributed by atoms with van der Waals surface area (Å²) in [7, 11) is 0. The molecule has 0 saturated carbocycles. The molecule has 6 heteroatoms. The maximum Gasteiger partial charge on any atom is 0.151 e. The Labute approximate surface area is 81.7 Å². The van der Waals surface area contributed by atoms with E-state index in [0.717, 1.165) is 0 Å². The molecule has 0 bridgehead atoms. The number of ether oxygens (including phenoxy) is 1. The van der Waals surface area contributed by atoms with Crippen LogP contribution in [0.3, 0.4) is 0 Å². The molecule has 0 fully saturated rings. The van der Waals surface area contributed by atoms with Gasteiger partial charge in [0, 0.05) is 6.61 Å². The standard InChI is InChI=1S/C8H16O6/c1-2-14-4-6(11)8(13)7(12)5(10)3-9/h3,5-8,10-13H,2,4H2,1H3/t5-,6+,7+,8+/m0/s1. The summed E-state index contributed by atoms with van der Waals surface area (Å²) in [4.78, 5) is 10.1. The maximum absolute atomic E-state index is 10.1. The third-order valence-electron chi connectivity index (χ3n) is 1.73. The first-order valence-corrected chi connectivity index (χ1v) is 4.29. The van der Waals surface area contributed by atoms with Crippen LogP contribution in [0.1, 0.15) is 6.92 Å². The molecule has 0 aromatic rings. The zero-order chi connectivity index (χ0) is 11.1. The highest BCUT2D eigenvalue weighted by Crippen LogP contribution is 2.04. The molecule has 0 saturated heterocycles. The van der Waals surface area contributed by atoms with Crippen LogP contribution in [-0.2, 0) is 9.53 Å². The predicted molar refractivity (Wildman–Crippen MR) is 46.6 cm³/mol. The minimum Gasteiger partial charge on any atom is -0.388 e. The molecule has 6 nitrogen and oxygen atoms in total. The van der Waals surface area contributed by atoms with E-state index >= 15 is 0 Å². The molecule has 4 atom stereocenters. The topological polar surface area (TPSA) is 107 Å². The SMILES string of the molecule is CCOC[C@@H](O)[C@@H](O)[C@H](O)[C@@H](O)C=O. The number of hydrogen-bond acceptors (Lipinski definition) is 6. The molecular formula is C8H16O6. The number of aldehydes is 1. The fourth-order valence-electron chi connectivity index (χ4n) is 0.847. The third-order valence-corrected chi connectivity index (χ3v) is 1.73. The summed E-state index contributed by atoms with van der Waals surface area (Å²) in [6.45, 7) is 1.90. The molecule has 0 amide bonds. The molecule has 0 aromatic carbocycles. The Balaban J connectivity index is 4.02. The lowest BCUT2D eigenvalue weighted by atomic mass is 10.0. The van der Waals surface area contributed by atoms with E-state index in [9.17, 15) is 15.0 Å². The summed E-state index contributed by atoms with van der Waals surface area (Å²) < 4.78 is 4.79. The molecule has 0 spiro atoms. The highest BCUT2D eigenvalue weighted by atomic mass is 16.5. The van der Waals surface area contributed by atoms with Gasteiger partial charge in [-0.2, -0.15) is 0 Å². The molecule has 0 heterocycles. The number of carbonyl (C=O) groups is 1. The minimum absolute atomic E-state index is 0.0846. The molecule has 0 aliphatic heterocycles. The zero-order valence-corrected chi connectivity index (χ0v) is 7.91. The summed E-state index contributed by atoms with van der Waals surface area (Å²) in [6, 6.07) is 0. The molecule has 0 rings (SSSR count). The van der Waals surface area contributed by atoms with E-state index in [-0.39, 0.29) is 12.9 Å². The second-order valence-electron chi connectivity index (χ2n) is 2.83. The first-order valence-electron chi connectivity index (χ1n) is 4.29. The predicted octanol–water partition coefficient (Wildman–Crippen LogP) is -2.33. The minimum atomic E-state index is -1.71. The number of rotatable bonds is 7. The Morgan fingerprint density at radius 3 is 2.21 bits per heavy atom. The van der Waals surface area contributed by atoms with E-state index in [2.05, 4.69) is 0 Å². The van der Waals surface area contributed by atoms with Gasteiger partial charge in [-0.25, -0.2) is 0 Å². The average molecular weight is 208 g/mol. The van der Waals surface area contributed by atoms with E-state index in [4.69, 9.17) is 14.9 Å². The van der Waals surface area contributed by atoms with Crippen molar-refractivity contribution >= 4 is 6.29 Å². The van der Waals surface area contributed by atoms with Crippen molar-refractivity contribution in [3.05, 3.63) is 0 Å². The Kier molecular flexibility index (Phi) is 6.60. The summed E-state index contributed by atoms with van der Waals surface area (Å²) >= 11 is 0. The van der Waals surface area contributed by atoms with Crippen molar-refractivity contribution in [1.29, 1.82) is 0 Å². The van der Waals surface area contributed by atoms with E-state index in [1.54, 1.807) is 6.92 Å². The molecule has 0 aliphatic rings. The Morgan fingerprint density at radius 1 is 1.21 bits per heavy atom. The maximum atomic E-state index is 10.1. The van der Waals surface area contributed by atoms with E-state index in [1.165, 1.54) is 0 Å². The lowest BCUT2D eigenvalue weighted by Crippen LogP contribution is -2.46. The van der Waals surface area contributed by atoms with Crippen LogP contribution in [0.5, 0.6) is 0 Å². The molecule has 14 heavy (non-hydrogen) atoms. The first kappa shape index (κ1) is 13.5. The van der Waals surface area contributed by atoms with E-state index in [0.29, 0.717) is 6.61 Å². The van der Waals surface area contributed by atoms with Gasteiger partial charge in [-0.3, -0.25) is 0 Å². The number of hydrogen-bond donors (Lipinski definition) is 4. The van der Waals surface area contributed by atoms with Gasteiger partial charge in [0.2, 0.25) is 0 Å². The molecular weight excluding hydrogens is 192 g/mol. The van der Waals surface area contributed by atoms with Crippen molar-refractivity contribution in [3.63, 3.8) is 0 Å². The number of aliphatic hydroxyl groups excluding tert-OH is 4. The van der Waals surface area contributed by atoms with Crippen molar-refractivity contribution in [3.8, 4) is 0 Å². The van der Waals surface area contributed by atoms with Crippen LogP contribution >= 0.6 is 0 Å². The van der Waals surface area contributed by atoms with Crippen molar-refractivity contribution in [2.45, 2.75) is 31.3 Å². The fourth-order valence-corrected chi connectivity index (χ4v) is 0.847. The summed E-state index contributed by atoms with van der Waals surface area (Å²) in [5, 5.41) is 36.4. The van der Waals surface area contributed by atoms with Crippen LogP contribution < -0.4 is 0 Å². The van der Waals surface area contributed by atoms with Gasteiger partial charge in [0.1, 0.15) is 24.4 Å². The summed E-state index contributed by atoms with van der Waals surface area (Å²) in [5.74, 6) is 0. The van der Waals surface area contributed by atoms with Gasteiger partial charge in [0.05, 0.1) is 6.61 Å². The van der Waals surface area contributed by atoms with Crippen molar-refractivity contribution in [1.82, 2.24) is 0 Å². The largest absolute Gasteiger partial charge is 0.388 e. The number of carbonyl (C=O) groups excluding carboxylic acids is 1. The monoisotopic (exact) mass is 208 g/mol. The van der Waals surface area contributed by atoms with Gasteiger partial charge in [0.25, 0.3) is 0 Å². The first-order chi connectivity index (χ1) is 6.54.